The van der Waals surface area contributed by atoms with Crippen molar-refractivity contribution in [1.82, 2.24) is 0 Å². The summed E-state index contributed by atoms with van der Waals surface area (Å²) < 4.78 is 5.63. The molecule has 0 saturated carbocycles. The maximum absolute atomic E-state index is 9.17. The molecule has 0 aliphatic rings. The van der Waals surface area contributed by atoms with E-state index in [0.29, 0.717) is 10.9 Å². The third kappa shape index (κ3) is 19.6. The zero-order chi connectivity index (χ0) is 76.6. The number of halogens is 5. The molecule has 0 aliphatic heterocycles. The van der Waals surface area contributed by atoms with E-state index < -0.39 is 14.2 Å². The Morgan fingerprint density at radius 3 is 0.784 bits per heavy atom. The number of hydrogen-bond acceptors (Lipinski definition) is 4. The Morgan fingerprint density at radius 1 is 0.162 bits per heavy atom. The molecule has 0 spiro atoms. The maximum Gasteiger partial charge on any atom is 0.488 e. The monoisotopic (exact) mass is 1750 g/mol. The van der Waals surface area contributed by atoms with Crippen LogP contribution in [0.2, 0.25) is 0 Å². The third-order valence-electron chi connectivity index (χ3n) is 19.3. The summed E-state index contributed by atoms with van der Waals surface area (Å²) in [5.41, 5.74) is 15.9. The molecule has 111 heavy (non-hydrogen) atoms. The van der Waals surface area contributed by atoms with Crippen molar-refractivity contribution in [3.05, 3.63) is 429 Å². The van der Waals surface area contributed by atoms with Crippen LogP contribution in [0.5, 0.6) is 0 Å². The van der Waals surface area contributed by atoms with Crippen molar-refractivity contribution < 1.29 is 20.1 Å². The van der Waals surface area contributed by atoms with Gasteiger partial charge in [0.15, 0.2) is 0 Å². The molecule has 0 atom stereocenters. The van der Waals surface area contributed by atoms with Gasteiger partial charge in [0.1, 0.15) is 0 Å². The maximum atomic E-state index is 9.17. The molecule has 0 aromatic heterocycles. The molecule has 19 aromatic rings. The number of rotatable bonds is 8. The van der Waals surface area contributed by atoms with Gasteiger partial charge in [-0.3, -0.25) is 0 Å². The van der Waals surface area contributed by atoms with Crippen LogP contribution in [0.15, 0.2) is 429 Å². The van der Waals surface area contributed by atoms with E-state index in [0.717, 1.165) is 38.7 Å². The fourth-order valence-corrected chi connectivity index (χ4v) is 16.2. The molecule has 0 aliphatic carbocycles. The van der Waals surface area contributed by atoms with Crippen LogP contribution in [-0.2, 0) is 0 Å². The molecule has 0 amide bonds. The minimum absolute atomic E-state index is 0.514. The van der Waals surface area contributed by atoms with Gasteiger partial charge in [-0.1, -0.05) is 401 Å². The molecule has 4 N–H and O–H groups in total. The topological polar surface area (TPSA) is 80.9 Å². The molecule has 0 bridgehead atoms. The summed E-state index contributed by atoms with van der Waals surface area (Å²) >= 11 is 17.4. The Labute approximate surface area is 689 Å². The fourth-order valence-electron chi connectivity index (χ4n) is 13.6. The highest BCUT2D eigenvalue weighted by Crippen LogP contribution is 2.40. The number of hydrogen-bond donors (Lipinski definition) is 4. The summed E-state index contributed by atoms with van der Waals surface area (Å²) in [6.45, 7) is 0. The van der Waals surface area contributed by atoms with Crippen LogP contribution in [0.4, 0.5) is 0 Å². The van der Waals surface area contributed by atoms with E-state index in [1.54, 1.807) is 36.4 Å². The summed E-state index contributed by atoms with van der Waals surface area (Å²) in [6.07, 6.45) is 0. The standard InChI is InChI=1S/C42H28.C16H13BO2.C16H11Br.2C10H6Br2.C6H7BO2/c1-3-9-29(10-4-1)33-20-21-36-26-37(24-22-35(36)25-33)40-15-7-13-32-14-8-16-41(42(32)40)38-23-18-31-17-19-34(27-39(31)28-38)30-11-5-2-6-12-30;18-17(19)16-9-8-14-10-13(6-7-15(14)11-16)12-4-2-1-3-5-12;17-16-9-8-14-10-13(6-7-15(14)11-16)12-4-2-1-3-5-12;11-9-3-1-7-5-10(12)4-2-8(7)6-9;11-8-5-1-3-7-4-2-6-9(12)10(7)8;8-7(9)6-4-2-1-3-5-6/h1-28H;1-11,18-19H;1-11H;2*1-6H;1-5,8-9H. The summed E-state index contributed by atoms with van der Waals surface area (Å²) in [4.78, 5) is 0. The lowest BCUT2D eigenvalue weighted by atomic mass is 9.79. The highest BCUT2D eigenvalue weighted by molar-refractivity contribution is 9.11. The molecule has 4 nitrogen and oxygen atoms in total. The first-order valence-corrected chi connectivity index (χ1v) is 40.2. The van der Waals surface area contributed by atoms with E-state index in [2.05, 4.69) is 377 Å². The van der Waals surface area contributed by atoms with Crippen LogP contribution in [0.25, 0.3) is 142 Å². The van der Waals surface area contributed by atoms with Gasteiger partial charge in [-0.25, -0.2) is 0 Å². The Kier molecular flexibility index (Phi) is 25.7. The average molecular weight is 1760 g/mol. The van der Waals surface area contributed by atoms with E-state index in [4.69, 9.17) is 10.0 Å². The van der Waals surface area contributed by atoms with Gasteiger partial charge in [0.05, 0.1) is 0 Å². The number of fused-ring (bicyclic) bond motifs is 7. The lowest BCUT2D eigenvalue weighted by molar-refractivity contribution is 0.424. The highest BCUT2D eigenvalue weighted by Gasteiger charge is 2.15. The molecule has 536 valence electrons. The molecular weight excluding hydrogens is 1690 g/mol. The van der Waals surface area contributed by atoms with Gasteiger partial charge in [-0.05, 0) is 233 Å². The molecule has 0 radical (unpaired) electrons. The fraction of sp³-hybridized carbons (Fsp3) is 0. The zero-order valence-electron chi connectivity index (χ0n) is 60.0. The second-order valence-electron chi connectivity index (χ2n) is 26.6. The lowest BCUT2D eigenvalue weighted by Crippen LogP contribution is -2.29. The smallest absolute Gasteiger partial charge is 0.423 e. The Balaban J connectivity index is 0.000000123. The first-order chi connectivity index (χ1) is 54.2. The lowest BCUT2D eigenvalue weighted by Gasteiger charge is -2.14. The van der Waals surface area contributed by atoms with Crippen molar-refractivity contribution in [2.75, 3.05) is 0 Å². The van der Waals surface area contributed by atoms with Crippen LogP contribution >= 0.6 is 79.6 Å². The Morgan fingerprint density at radius 2 is 0.432 bits per heavy atom. The summed E-state index contributed by atoms with van der Waals surface area (Å²) in [6, 6.07) is 141. The van der Waals surface area contributed by atoms with Crippen molar-refractivity contribution in [3.63, 3.8) is 0 Å². The molecule has 11 heteroatoms. The largest absolute Gasteiger partial charge is 0.488 e. The van der Waals surface area contributed by atoms with Gasteiger partial charge in [0.2, 0.25) is 0 Å². The number of benzene rings is 19. The summed E-state index contributed by atoms with van der Waals surface area (Å²) in [5.74, 6) is 0. The summed E-state index contributed by atoms with van der Waals surface area (Å²) in [7, 11) is -2.76. The van der Waals surface area contributed by atoms with Gasteiger partial charge in [0.25, 0.3) is 0 Å². The SMILES string of the molecule is Brc1ccc2cc(-c3ccccc3)ccc2c1.Brc1ccc2cc(Br)ccc2c1.Brc1cccc2cccc(Br)c12.OB(O)c1ccc2cc(-c3ccccc3)ccc2c1.OB(O)c1ccccc1.c1ccc(-c2ccc3cc(-c4cccc5cccc(-c6ccc7ccc(-c8ccccc8)cc7c6)c45)ccc3c2)cc1. The van der Waals surface area contributed by atoms with Crippen molar-refractivity contribution in [1.29, 1.82) is 0 Å². The van der Waals surface area contributed by atoms with Gasteiger partial charge in [-0.15, -0.1) is 0 Å². The van der Waals surface area contributed by atoms with E-state index in [-0.39, 0.29) is 0 Å². The highest BCUT2D eigenvalue weighted by atomic mass is 79.9. The predicted molar refractivity (Wildman–Crippen MR) is 492 cm³/mol. The van der Waals surface area contributed by atoms with Crippen molar-refractivity contribution in [2.24, 2.45) is 0 Å². The molecule has 0 saturated heterocycles. The van der Waals surface area contributed by atoms with Crippen LogP contribution in [0.3, 0.4) is 0 Å². The first kappa shape index (κ1) is 77.1. The van der Waals surface area contributed by atoms with Gasteiger partial charge in [0, 0.05) is 27.7 Å². The van der Waals surface area contributed by atoms with Crippen LogP contribution in [0, 0.1) is 0 Å². The molecule has 0 fully saturated rings. The molecule has 0 unspecified atom stereocenters. The minimum atomic E-state index is -1.42. The molecule has 19 aromatic carbocycles. The van der Waals surface area contributed by atoms with Crippen molar-refractivity contribution in [3.8, 4) is 66.8 Å². The Bertz CT molecular complexity index is 6330. The minimum Gasteiger partial charge on any atom is -0.423 e. The quantitative estimate of drug-likeness (QED) is 0.114. The van der Waals surface area contributed by atoms with Gasteiger partial charge < -0.3 is 20.1 Å². The molecule has 0 heterocycles. The van der Waals surface area contributed by atoms with E-state index in [1.807, 2.05) is 72.8 Å². The van der Waals surface area contributed by atoms with Crippen LogP contribution in [-0.4, -0.2) is 34.3 Å². The van der Waals surface area contributed by atoms with Crippen molar-refractivity contribution >= 4 is 180 Å². The Hall–Kier alpha value is -10.6. The van der Waals surface area contributed by atoms with Crippen molar-refractivity contribution in [2.45, 2.75) is 0 Å². The van der Waals surface area contributed by atoms with Crippen LogP contribution in [0.1, 0.15) is 0 Å². The van der Waals surface area contributed by atoms with E-state index >= 15 is 0 Å². The van der Waals surface area contributed by atoms with E-state index in [9.17, 15) is 10.0 Å². The molecule has 19 rings (SSSR count). The van der Waals surface area contributed by atoms with Crippen LogP contribution < -0.4 is 10.9 Å². The van der Waals surface area contributed by atoms with Gasteiger partial charge in [-0.2, -0.15) is 0 Å². The normalized spacial score (nSPS) is 10.7. The second-order valence-corrected chi connectivity index (χ2v) is 31.1. The van der Waals surface area contributed by atoms with E-state index in [1.165, 1.54) is 126 Å². The molecular formula is C100H71B2Br5O4. The van der Waals surface area contributed by atoms with Gasteiger partial charge >= 0.3 is 14.2 Å². The predicted octanol–water partition coefficient (Wildman–Crippen LogP) is 27.4. The second kappa shape index (κ2) is 36.9. The average Bonchev–Trinajstić information content (AvgIpc) is 0.758. The summed E-state index contributed by atoms with van der Waals surface area (Å²) in [5, 5.41) is 52.7. The third-order valence-corrected chi connectivity index (χ3v) is 22.1. The first-order valence-electron chi connectivity index (χ1n) is 36.2. The zero-order valence-corrected chi connectivity index (χ0v) is 67.9.